The van der Waals surface area contributed by atoms with Crippen molar-refractivity contribution in [2.45, 2.75) is 0 Å². The molecule has 0 aliphatic rings. The van der Waals surface area contributed by atoms with Crippen molar-refractivity contribution in [1.82, 2.24) is 10.3 Å². The van der Waals surface area contributed by atoms with Crippen LogP contribution >= 0.6 is 11.6 Å². The Hall–Kier alpha value is -1.13. The second-order valence-electron chi connectivity index (χ2n) is 2.60. The highest BCUT2D eigenvalue weighted by Crippen LogP contribution is 2.12. The van der Waals surface area contributed by atoms with Gasteiger partial charge in [-0.2, -0.15) is 0 Å². The molecule has 0 aromatic carbocycles. The Morgan fingerprint density at radius 2 is 2.50 bits per heavy atom. The number of ether oxygens (including phenoxy) is 1. The van der Waals surface area contributed by atoms with Crippen LogP contribution in [0.3, 0.4) is 0 Å². The normalized spacial score (nSPS) is 9.86. The molecule has 76 valence electrons. The topological polar surface area (TPSA) is 51.2 Å². The molecule has 0 aliphatic heterocycles. The number of aromatic nitrogens is 1. The molecule has 5 heteroatoms. The van der Waals surface area contributed by atoms with Gasteiger partial charge in [0.15, 0.2) is 0 Å². The van der Waals surface area contributed by atoms with Gasteiger partial charge in [0.05, 0.1) is 17.2 Å². The molecule has 0 aliphatic carbocycles. The van der Waals surface area contributed by atoms with E-state index in [1.165, 1.54) is 12.4 Å². The lowest BCUT2D eigenvalue weighted by molar-refractivity contribution is 0.0937. The molecular formula is C9H11ClN2O2. The summed E-state index contributed by atoms with van der Waals surface area (Å²) in [6.07, 6.45) is 2.96. The molecule has 0 saturated heterocycles. The minimum absolute atomic E-state index is 0.213. The van der Waals surface area contributed by atoms with Gasteiger partial charge in [-0.05, 0) is 6.07 Å². The predicted octanol–water partition coefficient (Wildman–Crippen LogP) is 1.11. The molecule has 0 radical (unpaired) electrons. The third kappa shape index (κ3) is 2.97. The van der Waals surface area contributed by atoms with E-state index in [-0.39, 0.29) is 5.91 Å². The van der Waals surface area contributed by atoms with Crippen LogP contribution in [0.15, 0.2) is 18.5 Å². The van der Waals surface area contributed by atoms with Crippen LogP contribution in [-0.4, -0.2) is 31.2 Å². The van der Waals surface area contributed by atoms with Gasteiger partial charge in [0.2, 0.25) is 0 Å². The summed E-state index contributed by atoms with van der Waals surface area (Å²) in [5, 5.41) is 3.01. The summed E-state index contributed by atoms with van der Waals surface area (Å²) in [6.45, 7) is 0.947. The Morgan fingerprint density at radius 1 is 1.71 bits per heavy atom. The molecule has 14 heavy (non-hydrogen) atoms. The summed E-state index contributed by atoms with van der Waals surface area (Å²) in [4.78, 5) is 15.2. The van der Waals surface area contributed by atoms with Gasteiger partial charge in [0, 0.05) is 26.0 Å². The highest BCUT2D eigenvalue weighted by atomic mass is 35.5. The van der Waals surface area contributed by atoms with E-state index >= 15 is 0 Å². The molecule has 1 aromatic heterocycles. The van der Waals surface area contributed by atoms with Gasteiger partial charge in [-0.15, -0.1) is 0 Å². The van der Waals surface area contributed by atoms with Crippen molar-refractivity contribution in [3.8, 4) is 0 Å². The van der Waals surface area contributed by atoms with E-state index in [9.17, 15) is 4.79 Å². The number of pyridine rings is 1. The second-order valence-corrected chi connectivity index (χ2v) is 3.01. The number of hydrogen-bond acceptors (Lipinski definition) is 3. The van der Waals surface area contributed by atoms with Crippen molar-refractivity contribution >= 4 is 17.5 Å². The highest BCUT2D eigenvalue weighted by Gasteiger charge is 2.08. The van der Waals surface area contributed by atoms with Crippen molar-refractivity contribution < 1.29 is 9.53 Å². The summed E-state index contributed by atoms with van der Waals surface area (Å²) < 4.78 is 4.80. The number of amides is 1. The number of hydrogen-bond donors (Lipinski definition) is 1. The maximum Gasteiger partial charge on any atom is 0.252 e. The zero-order valence-corrected chi connectivity index (χ0v) is 8.54. The first kappa shape index (κ1) is 10.9. The minimum Gasteiger partial charge on any atom is -0.383 e. The van der Waals surface area contributed by atoms with Crippen molar-refractivity contribution in [2.75, 3.05) is 20.3 Å². The average Bonchev–Trinajstić information content (AvgIpc) is 2.18. The van der Waals surface area contributed by atoms with E-state index in [1.807, 2.05) is 0 Å². The third-order valence-electron chi connectivity index (χ3n) is 1.61. The number of methoxy groups -OCH3 is 1. The average molecular weight is 215 g/mol. The summed E-state index contributed by atoms with van der Waals surface area (Å²) in [6, 6.07) is 1.57. The van der Waals surface area contributed by atoms with E-state index in [0.29, 0.717) is 23.7 Å². The molecule has 0 spiro atoms. The zero-order valence-electron chi connectivity index (χ0n) is 7.79. The van der Waals surface area contributed by atoms with Crippen LogP contribution in [0.25, 0.3) is 0 Å². The number of nitrogens with one attached hydrogen (secondary N) is 1. The number of nitrogens with zero attached hydrogens (tertiary/aromatic N) is 1. The molecule has 1 heterocycles. The van der Waals surface area contributed by atoms with Gasteiger partial charge >= 0.3 is 0 Å². The molecule has 0 bridgehead atoms. The Kier molecular flexibility index (Phi) is 4.35. The van der Waals surface area contributed by atoms with Crippen molar-refractivity contribution in [3.63, 3.8) is 0 Å². The second kappa shape index (κ2) is 5.57. The number of carbonyl (C=O) groups excluding carboxylic acids is 1. The fraction of sp³-hybridized carbons (Fsp3) is 0.333. The standard InChI is InChI=1S/C9H11ClN2O2/c1-14-5-4-12-9(13)7-2-3-11-6-8(7)10/h2-3,6H,4-5H2,1H3,(H,12,13). The van der Waals surface area contributed by atoms with Crippen LogP contribution in [0.4, 0.5) is 0 Å². The largest absolute Gasteiger partial charge is 0.383 e. The van der Waals surface area contributed by atoms with Crippen LogP contribution in [0, 0.1) is 0 Å². The molecule has 0 unspecified atom stereocenters. The summed E-state index contributed by atoms with van der Waals surface area (Å²) >= 11 is 5.78. The molecule has 0 atom stereocenters. The minimum atomic E-state index is -0.213. The maximum absolute atomic E-state index is 11.5. The smallest absolute Gasteiger partial charge is 0.252 e. The quantitative estimate of drug-likeness (QED) is 0.764. The van der Waals surface area contributed by atoms with E-state index in [4.69, 9.17) is 16.3 Å². The molecule has 0 saturated carbocycles. The lowest BCUT2D eigenvalue weighted by Crippen LogP contribution is -2.27. The van der Waals surface area contributed by atoms with E-state index in [2.05, 4.69) is 10.3 Å². The Morgan fingerprint density at radius 3 is 3.14 bits per heavy atom. The predicted molar refractivity (Wildman–Crippen MR) is 53.5 cm³/mol. The molecule has 1 amide bonds. The van der Waals surface area contributed by atoms with Crippen LogP contribution in [-0.2, 0) is 4.74 Å². The van der Waals surface area contributed by atoms with Crippen molar-refractivity contribution in [1.29, 1.82) is 0 Å². The molecule has 1 aromatic rings. The van der Waals surface area contributed by atoms with Crippen LogP contribution in [0.1, 0.15) is 10.4 Å². The van der Waals surface area contributed by atoms with Gasteiger partial charge in [0.25, 0.3) is 5.91 Å². The van der Waals surface area contributed by atoms with Gasteiger partial charge in [-0.3, -0.25) is 9.78 Å². The summed E-state index contributed by atoms with van der Waals surface area (Å²) in [5.41, 5.74) is 0.428. The third-order valence-corrected chi connectivity index (χ3v) is 1.91. The number of halogens is 1. The molecular weight excluding hydrogens is 204 g/mol. The Balaban J connectivity index is 2.56. The zero-order chi connectivity index (χ0) is 10.4. The maximum atomic E-state index is 11.5. The van der Waals surface area contributed by atoms with Gasteiger partial charge in [-0.25, -0.2) is 0 Å². The highest BCUT2D eigenvalue weighted by molar-refractivity contribution is 6.33. The van der Waals surface area contributed by atoms with Crippen LogP contribution < -0.4 is 5.32 Å². The first-order valence-corrected chi connectivity index (χ1v) is 4.50. The Labute approximate surface area is 87.2 Å². The SMILES string of the molecule is COCCNC(=O)c1ccncc1Cl. The number of rotatable bonds is 4. The van der Waals surface area contributed by atoms with Crippen molar-refractivity contribution in [3.05, 3.63) is 29.0 Å². The lowest BCUT2D eigenvalue weighted by Gasteiger charge is -2.04. The van der Waals surface area contributed by atoms with Gasteiger partial charge in [-0.1, -0.05) is 11.6 Å². The first-order valence-electron chi connectivity index (χ1n) is 4.12. The van der Waals surface area contributed by atoms with Gasteiger partial charge in [0.1, 0.15) is 0 Å². The van der Waals surface area contributed by atoms with E-state index < -0.39 is 0 Å². The summed E-state index contributed by atoms with van der Waals surface area (Å²) in [5.74, 6) is -0.213. The van der Waals surface area contributed by atoms with Crippen LogP contribution in [0.5, 0.6) is 0 Å². The van der Waals surface area contributed by atoms with Gasteiger partial charge < -0.3 is 10.1 Å². The fourth-order valence-corrected chi connectivity index (χ4v) is 1.13. The monoisotopic (exact) mass is 214 g/mol. The molecule has 4 nitrogen and oxygen atoms in total. The molecule has 0 fully saturated rings. The molecule has 1 N–H and O–H groups in total. The lowest BCUT2D eigenvalue weighted by atomic mass is 10.2. The van der Waals surface area contributed by atoms with E-state index in [1.54, 1.807) is 13.2 Å². The summed E-state index contributed by atoms with van der Waals surface area (Å²) in [7, 11) is 1.57. The fourth-order valence-electron chi connectivity index (χ4n) is 0.921. The van der Waals surface area contributed by atoms with E-state index in [0.717, 1.165) is 0 Å². The number of carbonyl (C=O) groups is 1. The molecule has 1 rings (SSSR count). The van der Waals surface area contributed by atoms with Crippen molar-refractivity contribution in [2.24, 2.45) is 0 Å². The first-order chi connectivity index (χ1) is 6.75. The van der Waals surface area contributed by atoms with Crippen LogP contribution in [0.2, 0.25) is 5.02 Å². The Bertz CT molecular complexity index is 317.